The van der Waals surface area contributed by atoms with E-state index in [1.807, 2.05) is 0 Å². The molecule has 0 heterocycles. The van der Waals surface area contributed by atoms with Gasteiger partial charge in [-0.1, -0.05) is 15.9 Å². The number of hydrogen-bond acceptors (Lipinski definition) is 2. The van der Waals surface area contributed by atoms with Crippen molar-refractivity contribution in [3.63, 3.8) is 0 Å². The molecule has 6 heteroatoms. The summed E-state index contributed by atoms with van der Waals surface area (Å²) >= 11 is 3.25. The zero-order valence-electron chi connectivity index (χ0n) is 9.57. The highest BCUT2D eigenvalue weighted by Crippen LogP contribution is 2.22. The summed E-state index contributed by atoms with van der Waals surface area (Å²) in [5.41, 5.74) is 0.357. The topological polar surface area (TPSA) is 78.4 Å². The van der Waals surface area contributed by atoms with Crippen molar-refractivity contribution in [2.45, 2.75) is 25.3 Å². The molecule has 0 saturated heterocycles. The summed E-state index contributed by atoms with van der Waals surface area (Å²) < 4.78 is 0.714. The number of carboxylic acids is 1. The van der Waals surface area contributed by atoms with Crippen molar-refractivity contribution in [1.29, 1.82) is 0 Å². The Hall–Kier alpha value is -1.56. The van der Waals surface area contributed by atoms with Gasteiger partial charge in [-0.25, -0.2) is 9.59 Å². The molecule has 3 N–H and O–H groups in total. The lowest BCUT2D eigenvalue weighted by Crippen LogP contribution is -2.42. The fraction of sp³-hybridized carbons (Fsp3) is 0.333. The number of carbonyl (C=O) groups excluding carboxylic acids is 1. The minimum Gasteiger partial charge on any atom is -0.478 e. The summed E-state index contributed by atoms with van der Waals surface area (Å²) in [6.45, 7) is 0. The summed E-state index contributed by atoms with van der Waals surface area (Å²) in [5.74, 6) is -1.07. The SMILES string of the molecule is O=C(Nc1cc(Br)ccc1C(=O)O)NC1CCC1. The maximum atomic E-state index is 11.7. The normalized spacial score (nSPS) is 14.7. The first-order valence-electron chi connectivity index (χ1n) is 5.66. The standard InChI is InChI=1S/C12H13BrN2O3/c13-7-4-5-9(11(16)17)10(6-7)15-12(18)14-8-2-1-3-8/h4-6,8H,1-3H2,(H,16,17)(H2,14,15,18). The number of aromatic carboxylic acids is 1. The molecule has 1 fully saturated rings. The van der Waals surface area contributed by atoms with E-state index in [0.717, 1.165) is 19.3 Å². The van der Waals surface area contributed by atoms with Gasteiger partial charge in [0.1, 0.15) is 0 Å². The average Bonchev–Trinajstić information content (AvgIpc) is 2.23. The van der Waals surface area contributed by atoms with E-state index < -0.39 is 5.97 Å². The largest absolute Gasteiger partial charge is 0.478 e. The van der Waals surface area contributed by atoms with Crippen molar-refractivity contribution < 1.29 is 14.7 Å². The van der Waals surface area contributed by atoms with Gasteiger partial charge in [0.15, 0.2) is 0 Å². The lowest BCUT2D eigenvalue weighted by Gasteiger charge is -2.26. The van der Waals surface area contributed by atoms with Crippen LogP contribution in [0.1, 0.15) is 29.6 Å². The fourth-order valence-corrected chi connectivity index (χ4v) is 2.06. The Bertz CT molecular complexity index is 486. The van der Waals surface area contributed by atoms with Crippen LogP contribution >= 0.6 is 15.9 Å². The molecule has 2 amide bonds. The van der Waals surface area contributed by atoms with Crippen LogP contribution in [0.15, 0.2) is 22.7 Å². The molecule has 0 unspecified atom stereocenters. The molecule has 0 aliphatic heterocycles. The summed E-state index contributed by atoms with van der Waals surface area (Å²) in [5, 5.41) is 14.4. The van der Waals surface area contributed by atoms with Crippen LogP contribution in [0.3, 0.4) is 0 Å². The molecule has 0 aromatic heterocycles. The van der Waals surface area contributed by atoms with Gasteiger partial charge in [0, 0.05) is 10.5 Å². The lowest BCUT2D eigenvalue weighted by atomic mass is 9.93. The Labute approximate surface area is 113 Å². The van der Waals surface area contributed by atoms with Gasteiger partial charge >= 0.3 is 12.0 Å². The number of urea groups is 1. The zero-order chi connectivity index (χ0) is 13.1. The molecule has 1 aromatic rings. The second-order valence-electron chi connectivity index (χ2n) is 4.22. The first-order valence-corrected chi connectivity index (χ1v) is 6.46. The second kappa shape index (κ2) is 5.39. The minimum atomic E-state index is -1.07. The fourth-order valence-electron chi connectivity index (χ4n) is 1.70. The van der Waals surface area contributed by atoms with Crippen molar-refractivity contribution in [2.24, 2.45) is 0 Å². The number of amides is 2. The summed E-state index contributed by atoms with van der Waals surface area (Å²) in [6.07, 6.45) is 3.09. The van der Waals surface area contributed by atoms with Gasteiger partial charge in [0.25, 0.3) is 0 Å². The Morgan fingerprint density at radius 2 is 2.06 bits per heavy atom. The molecule has 18 heavy (non-hydrogen) atoms. The van der Waals surface area contributed by atoms with Crippen molar-refractivity contribution in [3.05, 3.63) is 28.2 Å². The molecule has 5 nitrogen and oxygen atoms in total. The Balaban J connectivity index is 2.08. The minimum absolute atomic E-state index is 0.0713. The molecule has 2 rings (SSSR count). The molecule has 1 aromatic carbocycles. The molecule has 0 bridgehead atoms. The second-order valence-corrected chi connectivity index (χ2v) is 5.14. The Morgan fingerprint density at radius 3 is 2.61 bits per heavy atom. The summed E-state index contributed by atoms with van der Waals surface area (Å²) in [7, 11) is 0. The molecule has 0 spiro atoms. The van der Waals surface area contributed by atoms with Gasteiger partial charge in [0.2, 0.25) is 0 Å². The van der Waals surface area contributed by atoms with Crippen LogP contribution < -0.4 is 10.6 Å². The predicted molar refractivity (Wildman–Crippen MR) is 70.9 cm³/mol. The van der Waals surface area contributed by atoms with Crippen LogP contribution in [0.5, 0.6) is 0 Å². The highest BCUT2D eigenvalue weighted by Gasteiger charge is 2.20. The summed E-state index contributed by atoms with van der Waals surface area (Å²) in [6, 6.07) is 4.50. The third kappa shape index (κ3) is 3.01. The van der Waals surface area contributed by atoms with Crippen molar-refractivity contribution in [1.82, 2.24) is 5.32 Å². The Kier molecular flexibility index (Phi) is 3.86. The molecular weight excluding hydrogens is 300 g/mol. The van der Waals surface area contributed by atoms with E-state index in [1.54, 1.807) is 12.1 Å². The quantitative estimate of drug-likeness (QED) is 0.803. The van der Waals surface area contributed by atoms with Crippen LogP contribution in [0, 0.1) is 0 Å². The van der Waals surface area contributed by atoms with E-state index in [9.17, 15) is 9.59 Å². The van der Waals surface area contributed by atoms with E-state index in [1.165, 1.54) is 6.07 Å². The van der Waals surface area contributed by atoms with Gasteiger partial charge in [-0.05, 0) is 37.5 Å². The van der Waals surface area contributed by atoms with Crippen molar-refractivity contribution >= 4 is 33.6 Å². The first kappa shape index (κ1) is 12.9. The van der Waals surface area contributed by atoms with Gasteiger partial charge < -0.3 is 15.7 Å². The first-order chi connectivity index (χ1) is 8.56. The third-order valence-electron chi connectivity index (χ3n) is 2.90. The highest BCUT2D eigenvalue weighted by molar-refractivity contribution is 9.10. The predicted octanol–water partition coefficient (Wildman–Crippen LogP) is 2.82. The monoisotopic (exact) mass is 312 g/mol. The number of benzene rings is 1. The lowest BCUT2D eigenvalue weighted by molar-refractivity contribution is 0.0698. The number of nitrogens with one attached hydrogen (secondary N) is 2. The van der Waals surface area contributed by atoms with Gasteiger partial charge in [-0.2, -0.15) is 0 Å². The smallest absolute Gasteiger partial charge is 0.337 e. The molecule has 1 saturated carbocycles. The molecular formula is C12H13BrN2O3. The van der Waals surface area contributed by atoms with Gasteiger partial charge in [-0.3, -0.25) is 0 Å². The molecule has 0 radical (unpaired) electrons. The van der Waals surface area contributed by atoms with E-state index in [0.29, 0.717) is 4.47 Å². The van der Waals surface area contributed by atoms with Crippen LogP contribution in [-0.2, 0) is 0 Å². The zero-order valence-corrected chi connectivity index (χ0v) is 11.2. The highest BCUT2D eigenvalue weighted by atomic mass is 79.9. The average molecular weight is 313 g/mol. The maximum Gasteiger partial charge on any atom is 0.337 e. The van der Waals surface area contributed by atoms with Gasteiger partial charge in [0.05, 0.1) is 11.3 Å². The van der Waals surface area contributed by atoms with Gasteiger partial charge in [-0.15, -0.1) is 0 Å². The Morgan fingerprint density at radius 1 is 1.33 bits per heavy atom. The number of carboxylic acid groups (broad SMARTS) is 1. The number of halogens is 1. The number of hydrogen-bond donors (Lipinski definition) is 3. The van der Waals surface area contributed by atoms with Crippen LogP contribution in [-0.4, -0.2) is 23.1 Å². The van der Waals surface area contributed by atoms with E-state index in [2.05, 4.69) is 26.6 Å². The maximum absolute atomic E-state index is 11.7. The van der Waals surface area contributed by atoms with Crippen LogP contribution in [0.4, 0.5) is 10.5 Å². The number of rotatable bonds is 3. The number of anilines is 1. The number of carbonyl (C=O) groups is 2. The van der Waals surface area contributed by atoms with E-state index in [4.69, 9.17) is 5.11 Å². The molecule has 1 aliphatic carbocycles. The third-order valence-corrected chi connectivity index (χ3v) is 3.39. The van der Waals surface area contributed by atoms with Crippen LogP contribution in [0.2, 0.25) is 0 Å². The molecule has 0 atom stereocenters. The molecule has 1 aliphatic rings. The van der Waals surface area contributed by atoms with Crippen molar-refractivity contribution in [2.75, 3.05) is 5.32 Å². The summed E-state index contributed by atoms with van der Waals surface area (Å²) in [4.78, 5) is 22.7. The van der Waals surface area contributed by atoms with Crippen LogP contribution in [0.25, 0.3) is 0 Å². The van der Waals surface area contributed by atoms with E-state index in [-0.39, 0.29) is 23.3 Å². The van der Waals surface area contributed by atoms with E-state index >= 15 is 0 Å². The molecule has 96 valence electrons. The van der Waals surface area contributed by atoms with Crippen molar-refractivity contribution in [3.8, 4) is 0 Å².